The average molecular weight is 381 g/mol. The van der Waals surface area contributed by atoms with E-state index < -0.39 is 0 Å². The van der Waals surface area contributed by atoms with Crippen LogP contribution in [0.2, 0.25) is 0 Å². The molecule has 0 aliphatic rings. The van der Waals surface area contributed by atoms with E-state index in [1.165, 1.54) is 0 Å². The Hall–Kier alpha value is -3.25. The van der Waals surface area contributed by atoms with Crippen LogP contribution in [-0.2, 0) is 6.61 Å². The maximum atomic E-state index is 12.6. The fraction of sp³-hybridized carbons (Fsp3) is 0.227. The van der Waals surface area contributed by atoms with Crippen molar-refractivity contribution < 1.29 is 23.8 Å². The van der Waals surface area contributed by atoms with Crippen LogP contribution in [0.5, 0.6) is 11.5 Å². The lowest BCUT2D eigenvalue weighted by Gasteiger charge is -2.11. The van der Waals surface area contributed by atoms with Gasteiger partial charge >= 0.3 is 0 Å². The summed E-state index contributed by atoms with van der Waals surface area (Å²) in [6.45, 7) is 2.50. The number of carbonyl (C=O) groups is 1. The van der Waals surface area contributed by atoms with Gasteiger partial charge < -0.3 is 24.3 Å². The second-order valence-corrected chi connectivity index (χ2v) is 6.17. The number of ether oxygens (including phenoxy) is 2. The first-order valence-corrected chi connectivity index (χ1v) is 9.06. The van der Waals surface area contributed by atoms with Crippen molar-refractivity contribution in [2.24, 2.45) is 0 Å². The van der Waals surface area contributed by atoms with Crippen LogP contribution in [-0.4, -0.2) is 24.7 Å². The maximum absolute atomic E-state index is 12.6. The summed E-state index contributed by atoms with van der Waals surface area (Å²) in [6.07, 6.45) is 0.928. The van der Waals surface area contributed by atoms with E-state index in [0.29, 0.717) is 40.7 Å². The SMILES string of the molecule is CCCOc1ccc(C(=O)Nc2ccc(OC)c(-c3ccc(CO)o3)c2)cc1. The summed E-state index contributed by atoms with van der Waals surface area (Å²) in [5.74, 6) is 2.12. The number of anilines is 1. The molecular formula is C22H23NO5. The van der Waals surface area contributed by atoms with E-state index in [2.05, 4.69) is 5.32 Å². The molecule has 0 fully saturated rings. The number of furan rings is 1. The Labute approximate surface area is 163 Å². The quantitative estimate of drug-likeness (QED) is 0.601. The molecule has 1 heterocycles. The van der Waals surface area contributed by atoms with Crippen molar-refractivity contribution in [2.45, 2.75) is 20.0 Å². The fourth-order valence-electron chi connectivity index (χ4n) is 2.71. The Kier molecular flexibility index (Phi) is 6.34. The summed E-state index contributed by atoms with van der Waals surface area (Å²) in [5.41, 5.74) is 1.82. The van der Waals surface area contributed by atoms with Gasteiger partial charge in [0.1, 0.15) is 29.6 Å². The Morgan fingerprint density at radius 1 is 1.11 bits per heavy atom. The predicted octanol–water partition coefficient (Wildman–Crippen LogP) is 4.49. The molecule has 0 unspecified atom stereocenters. The highest BCUT2D eigenvalue weighted by molar-refractivity contribution is 6.04. The van der Waals surface area contributed by atoms with Crippen LogP contribution >= 0.6 is 0 Å². The number of hydrogen-bond acceptors (Lipinski definition) is 5. The van der Waals surface area contributed by atoms with Crippen LogP contribution in [0.3, 0.4) is 0 Å². The average Bonchev–Trinajstić information content (AvgIpc) is 3.21. The van der Waals surface area contributed by atoms with Crippen molar-refractivity contribution in [3.05, 3.63) is 65.9 Å². The summed E-state index contributed by atoms with van der Waals surface area (Å²) in [6, 6.07) is 15.8. The monoisotopic (exact) mass is 381 g/mol. The lowest BCUT2D eigenvalue weighted by molar-refractivity contribution is 0.102. The third-order valence-corrected chi connectivity index (χ3v) is 4.13. The van der Waals surface area contributed by atoms with Crippen LogP contribution < -0.4 is 14.8 Å². The number of rotatable bonds is 8. The molecule has 0 aliphatic heterocycles. The molecule has 0 saturated carbocycles. The first-order valence-electron chi connectivity index (χ1n) is 9.06. The number of benzene rings is 2. The number of hydrogen-bond donors (Lipinski definition) is 2. The molecule has 3 rings (SSSR count). The largest absolute Gasteiger partial charge is 0.496 e. The van der Waals surface area contributed by atoms with Gasteiger partial charge in [-0.3, -0.25) is 4.79 Å². The predicted molar refractivity (Wildman–Crippen MR) is 107 cm³/mol. The van der Waals surface area contributed by atoms with Gasteiger partial charge in [-0.15, -0.1) is 0 Å². The number of methoxy groups -OCH3 is 1. The maximum Gasteiger partial charge on any atom is 0.255 e. The molecule has 0 bridgehead atoms. The standard InChI is InChI=1S/C22H23NO5/c1-3-12-27-17-7-4-15(5-8-17)22(25)23-16-6-10-20(26-2)19(13-16)21-11-9-18(14-24)28-21/h4-11,13,24H,3,12,14H2,1-2H3,(H,23,25). The summed E-state index contributed by atoms with van der Waals surface area (Å²) in [4.78, 5) is 12.6. The zero-order valence-corrected chi connectivity index (χ0v) is 15.9. The number of aliphatic hydroxyl groups excluding tert-OH is 1. The minimum absolute atomic E-state index is 0.184. The van der Waals surface area contributed by atoms with Gasteiger partial charge in [-0.05, 0) is 61.0 Å². The normalized spacial score (nSPS) is 10.5. The van der Waals surface area contributed by atoms with Crippen molar-refractivity contribution in [3.63, 3.8) is 0 Å². The summed E-state index contributed by atoms with van der Waals surface area (Å²) in [5, 5.41) is 12.1. The highest BCUT2D eigenvalue weighted by atomic mass is 16.5. The van der Waals surface area contributed by atoms with E-state index in [9.17, 15) is 9.90 Å². The molecule has 2 aromatic carbocycles. The summed E-state index contributed by atoms with van der Waals surface area (Å²) in [7, 11) is 1.56. The second-order valence-electron chi connectivity index (χ2n) is 6.17. The Morgan fingerprint density at radius 3 is 2.54 bits per heavy atom. The topological polar surface area (TPSA) is 80.9 Å². The number of nitrogens with one attached hydrogen (secondary N) is 1. The molecule has 1 amide bonds. The van der Waals surface area contributed by atoms with E-state index in [-0.39, 0.29) is 12.5 Å². The molecule has 6 nitrogen and oxygen atoms in total. The molecule has 0 atom stereocenters. The lowest BCUT2D eigenvalue weighted by atomic mass is 10.1. The number of carbonyl (C=O) groups excluding carboxylic acids is 1. The van der Waals surface area contributed by atoms with Crippen molar-refractivity contribution >= 4 is 11.6 Å². The van der Waals surface area contributed by atoms with Crippen LogP contribution in [0.1, 0.15) is 29.5 Å². The number of amides is 1. The summed E-state index contributed by atoms with van der Waals surface area (Å²) >= 11 is 0. The molecule has 0 saturated heterocycles. The van der Waals surface area contributed by atoms with E-state index in [1.54, 1.807) is 61.7 Å². The lowest BCUT2D eigenvalue weighted by Crippen LogP contribution is -2.12. The van der Waals surface area contributed by atoms with Gasteiger partial charge in [0.2, 0.25) is 0 Å². The van der Waals surface area contributed by atoms with Crippen LogP contribution in [0, 0.1) is 0 Å². The third-order valence-electron chi connectivity index (χ3n) is 4.13. The van der Waals surface area contributed by atoms with Crippen LogP contribution in [0.4, 0.5) is 5.69 Å². The third kappa shape index (κ3) is 4.53. The molecule has 0 radical (unpaired) electrons. The molecule has 0 spiro atoms. The van der Waals surface area contributed by atoms with Crippen LogP contribution in [0.25, 0.3) is 11.3 Å². The zero-order chi connectivity index (χ0) is 19.9. The highest BCUT2D eigenvalue weighted by Crippen LogP contribution is 2.34. The first kappa shape index (κ1) is 19.5. The molecule has 146 valence electrons. The van der Waals surface area contributed by atoms with E-state index >= 15 is 0 Å². The fourth-order valence-corrected chi connectivity index (χ4v) is 2.71. The zero-order valence-electron chi connectivity index (χ0n) is 15.9. The molecule has 3 aromatic rings. The minimum Gasteiger partial charge on any atom is -0.496 e. The second kappa shape index (κ2) is 9.10. The number of aliphatic hydroxyl groups is 1. The molecule has 6 heteroatoms. The van der Waals surface area contributed by atoms with E-state index in [1.807, 2.05) is 6.92 Å². The Morgan fingerprint density at radius 2 is 1.89 bits per heavy atom. The van der Waals surface area contributed by atoms with Crippen molar-refractivity contribution in [3.8, 4) is 22.8 Å². The highest BCUT2D eigenvalue weighted by Gasteiger charge is 2.13. The Balaban J connectivity index is 1.78. The molecule has 0 aliphatic carbocycles. The van der Waals surface area contributed by atoms with Gasteiger partial charge in [0.15, 0.2) is 0 Å². The smallest absolute Gasteiger partial charge is 0.255 e. The van der Waals surface area contributed by atoms with Gasteiger partial charge in [-0.1, -0.05) is 6.92 Å². The molecule has 1 aromatic heterocycles. The van der Waals surface area contributed by atoms with Gasteiger partial charge in [-0.25, -0.2) is 0 Å². The molecule has 2 N–H and O–H groups in total. The molecular weight excluding hydrogens is 358 g/mol. The summed E-state index contributed by atoms with van der Waals surface area (Å²) < 4.78 is 16.5. The first-order chi connectivity index (χ1) is 13.6. The van der Waals surface area contributed by atoms with Crippen molar-refractivity contribution in [2.75, 3.05) is 19.0 Å². The van der Waals surface area contributed by atoms with Crippen LogP contribution in [0.15, 0.2) is 59.0 Å². The van der Waals surface area contributed by atoms with E-state index in [4.69, 9.17) is 13.9 Å². The van der Waals surface area contributed by atoms with Crippen molar-refractivity contribution in [1.82, 2.24) is 0 Å². The van der Waals surface area contributed by atoms with Gasteiger partial charge in [0, 0.05) is 11.3 Å². The van der Waals surface area contributed by atoms with Gasteiger partial charge in [0.25, 0.3) is 5.91 Å². The molecule has 28 heavy (non-hydrogen) atoms. The minimum atomic E-state index is -0.228. The van der Waals surface area contributed by atoms with E-state index in [0.717, 1.165) is 12.2 Å². The van der Waals surface area contributed by atoms with Gasteiger partial charge in [0.05, 0.1) is 19.3 Å². The van der Waals surface area contributed by atoms with Crippen molar-refractivity contribution in [1.29, 1.82) is 0 Å². The Bertz CT molecular complexity index is 930. The van der Waals surface area contributed by atoms with Gasteiger partial charge in [-0.2, -0.15) is 0 Å².